The van der Waals surface area contributed by atoms with Crippen LogP contribution in [0.1, 0.15) is 60.4 Å². The third-order valence-corrected chi connectivity index (χ3v) is 5.90. The summed E-state index contributed by atoms with van der Waals surface area (Å²) in [6, 6.07) is 7.98. The van der Waals surface area contributed by atoms with Gasteiger partial charge in [-0.1, -0.05) is 0 Å². The van der Waals surface area contributed by atoms with E-state index in [1.54, 1.807) is 18.3 Å². The van der Waals surface area contributed by atoms with Gasteiger partial charge in [-0.15, -0.1) is 10.2 Å². The molecule has 1 aromatic carbocycles. The molecule has 7 heteroatoms. The summed E-state index contributed by atoms with van der Waals surface area (Å²) in [5.41, 5.74) is 2.43. The molecule has 2 aliphatic rings. The molecule has 1 aliphatic carbocycles. The summed E-state index contributed by atoms with van der Waals surface area (Å²) in [5.74, 6) is 1.71. The van der Waals surface area contributed by atoms with Crippen molar-refractivity contribution in [2.45, 2.75) is 50.6 Å². The van der Waals surface area contributed by atoms with Gasteiger partial charge < -0.3 is 5.32 Å². The molecule has 2 aromatic heterocycles. The maximum absolute atomic E-state index is 14.1. The predicted molar refractivity (Wildman–Crippen MR) is 100 cm³/mol. The summed E-state index contributed by atoms with van der Waals surface area (Å²) in [5, 5.41) is 12.2. The zero-order valence-electron chi connectivity index (χ0n) is 15.4. The zero-order chi connectivity index (χ0) is 19.1. The van der Waals surface area contributed by atoms with E-state index < -0.39 is 0 Å². The van der Waals surface area contributed by atoms with Gasteiger partial charge in [-0.3, -0.25) is 9.55 Å². The van der Waals surface area contributed by atoms with Crippen LogP contribution in [0.3, 0.4) is 0 Å². The van der Waals surface area contributed by atoms with Crippen molar-refractivity contribution in [3.8, 4) is 5.69 Å². The lowest BCUT2D eigenvalue weighted by atomic mass is 9.79. The molecule has 3 heterocycles. The molecule has 144 valence electrons. The van der Waals surface area contributed by atoms with Gasteiger partial charge in [0.25, 0.3) is 0 Å². The number of rotatable bonds is 2. The van der Waals surface area contributed by atoms with E-state index in [2.05, 4.69) is 25.1 Å². The zero-order valence-corrected chi connectivity index (χ0v) is 15.4. The first-order valence-electron chi connectivity index (χ1n) is 9.75. The van der Waals surface area contributed by atoms with Crippen LogP contribution in [0.4, 0.5) is 8.78 Å². The van der Waals surface area contributed by atoms with Crippen molar-refractivity contribution in [1.29, 1.82) is 0 Å². The van der Waals surface area contributed by atoms with Gasteiger partial charge in [0.05, 0.1) is 17.9 Å². The molecule has 0 bridgehead atoms. The average molecular weight is 381 g/mol. The molecular weight excluding hydrogens is 360 g/mol. The molecule has 0 saturated heterocycles. The van der Waals surface area contributed by atoms with Gasteiger partial charge in [0.1, 0.15) is 17.5 Å². The molecule has 0 radical (unpaired) electrons. The highest BCUT2D eigenvalue weighted by Gasteiger charge is 2.31. The van der Waals surface area contributed by atoms with Gasteiger partial charge >= 0.3 is 0 Å². The lowest BCUT2D eigenvalue weighted by Gasteiger charge is -2.28. The van der Waals surface area contributed by atoms with E-state index in [9.17, 15) is 8.78 Å². The highest BCUT2D eigenvalue weighted by Crippen LogP contribution is 2.41. The number of fused-ring (bicyclic) bond motifs is 3. The third-order valence-electron chi connectivity index (χ3n) is 5.90. The van der Waals surface area contributed by atoms with Crippen LogP contribution >= 0.6 is 0 Å². The quantitative estimate of drug-likeness (QED) is 0.729. The van der Waals surface area contributed by atoms with Crippen molar-refractivity contribution in [2.75, 3.05) is 0 Å². The summed E-state index contributed by atoms with van der Waals surface area (Å²) >= 11 is 0. The van der Waals surface area contributed by atoms with Gasteiger partial charge in [0.2, 0.25) is 0 Å². The molecular formula is C21H21F2N5. The predicted octanol–water partition coefficient (Wildman–Crippen LogP) is 3.99. The number of pyridine rings is 1. The maximum Gasteiger partial charge on any atom is 0.151 e. The van der Waals surface area contributed by atoms with E-state index in [0.29, 0.717) is 18.8 Å². The number of benzene rings is 1. The second kappa shape index (κ2) is 7.05. The highest BCUT2D eigenvalue weighted by atomic mass is 19.1. The standard InChI is InChI=1S/C21H21F2N5/c22-16-7-8-18-15(10-16)11-24-12-19-26-27-21(28(18)19)14-5-3-13(4-6-14)20-17(23)2-1-9-25-20/h1-2,7-10,13-14,24H,3-6,11-12H2/t13-,14-. The summed E-state index contributed by atoms with van der Waals surface area (Å²) in [4.78, 5) is 4.26. The Labute approximate surface area is 161 Å². The van der Waals surface area contributed by atoms with E-state index in [0.717, 1.165) is 48.6 Å². The second-order valence-electron chi connectivity index (χ2n) is 7.61. The minimum atomic E-state index is -0.239. The molecule has 1 aliphatic heterocycles. The number of hydrogen-bond acceptors (Lipinski definition) is 4. The lowest BCUT2D eigenvalue weighted by molar-refractivity contribution is 0.368. The topological polar surface area (TPSA) is 55.6 Å². The van der Waals surface area contributed by atoms with Crippen LogP contribution in [0.2, 0.25) is 0 Å². The van der Waals surface area contributed by atoms with E-state index in [4.69, 9.17) is 0 Å². The molecule has 0 amide bonds. The van der Waals surface area contributed by atoms with Gasteiger partial charge in [-0.2, -0.15) is 0 Å². The summed E-state index contributed by atoms with van der Waals surface area (Å²) in [6.45, 7) is 1.19. The van der Waals surface area contributed by atoms with Crippen molar-refractivity contribution in [3.05, 3.63) is 71.1 Å². The van der Waals surface area contributed by atoms with E-state index in [1.807, 2.05) is 6.07 Å². The highest BCUT2D eigenvalue weighted by molar-refractivity contribution is 5.44. The monoisotopic (exact) mass is 381 g/mol. The molecule has 5 nitrogen and oxygen atoms in total. The van der Waals surface area contributed by atoms with Crippen LogP contribution in [0, 0.1) is 11.6 Å². The first-order chi connectivity index (χ1) is 13.7. The van der Waals surface area contributed by atoms with Crippen LogP contribution < -0.4 is 5.32 Å². The van der Waals surface area contributed by atoms with Crippen LogP contribution in [-0.2, 0) is 13.1 Å². The Hall–Kier alpha value is -2.67. The van der Waals surface area contributed by atoms with Gasteiger partial charge in [-0.05, 0) is 61.6 Å². The number of hydrogen-bond donors (Lipinski definition) is 1. The number of halogens is 2. The van der Waals surface area contributed by atoms with E-state index in [-0.39, 0.29) is 23.5 Å². The molecule has 0 spiro atoms. The molecule has 0 atom stereocenters. The Kier molecular flexibility index (Phi) is 4.39. The molecule has 3 aromatic rings. The fourth-order valence-corrected chi connectivity index (χ4v) is 4.52. The fraction of sp³-hybridized carbons (Fsp3) is 0.381. The Bertz CT molecular complexity index is 1010. The normalized spacial score (nSPS) is 21.6. The number of nitrogens with one attached hydrogen (secondary N) is 1. The smallest absolute Gasteiger partial charge is 0.151 e. The molecule has 28 heavy (non-hydrogen) atoms. The Morgan fingerprint density at radius 1 is 0.964 bits per heavy atom. The molecule has 1 saturated carbocycles. The minimum absolute atomic E-state index is 0.145. The molecule has 5 rings (SSSR count). The summed E-state index contributed by atoms with van der Waals surface area (Å²) in [6.07, 6.45) is 5.21. The third kappa shape index (κ3) is 2.99. The minimum Gasteiger partial charge on any atom is -0.306 e. The molecule has 1 fully saturated rings. The van der Waals surface area contributed by atoms with Crippen molar-refractivity contribution >= 4 is 0 Å². The maximum atomic E-state index is 14.1. The SMILES string of the molecule is Fc1ccc2c(c1)CNCc1nnc([C@H]3CC[C@H](c4ncccc4F)CC3)n1-2. The largest absolute Gasteiger partial charge is 0.306 e. The summed E-state index contributed by atoms with van der Waals surface area (Å²) < 4.78 is 29.9. The Morgan fingerprint density at radius 2 is 1.79 bits per heavy atom. The van der Waals surface area contributed by atoms with Crippen molar-refractivity contribution in [2.24, 2.45) is 0 Å². The Balaban J connectivity index is 1.43. The fourth-order valence-electron chi connectivity index (χ4n) is 4.52. The van der Waals surface area contributed by atoms with Crippen molar-refractivity contribution in [1.82, 2.24) is 25.1 Å². The average Bonchev–Trinajstić information content (AvgIpc) is 3.04. The van der Waals surface area contributed by atoms with Gasteiger partial charge in [-0.25, -0.2) is 8.78 Å². The van der Waals surface area contributed by atoms with Gasteiger partial charge in [0.15, 0.2) is 5.82 Å². The Morgan fingerprint density at radius 3 is 2.61 bits per heavy atom. The van der Waals surface area contributed by atoms with Crippen LogP contribution in [0.15, 0.2) is 36.5 Å². The molecule has 0 unspecified atom stereocenters. The first-order valence-corrected chi connectivity index (χ1v) is 9.75. The molecule has 1 N–H and O–H groups in total. The van der Waals surface area contributed by atoms with Crippen molar-refractivity contribution in [3.63, 3.8) is 0 Å². The first kappa shape index (κ1) is 17.4. The number of aromatic nitrogens is 4. The second-order valence-corrected chi connectivity index (χ2v) is 7.61. The van der Waals surface area contributed by atoms with Gasteiger partial charge in [0, 0.05) is 24.6 Å². The van der Waals surface area contributed by atoms with Crippen LogP contribution in [0.25, 0.3) is 5.69 Å². The van der Waals surface area contributed by atoms with Crippen LogP contribution in [0.5, 0.6) is 0 Å². The number of nitrogens with zero attached hydrogens (tertiary/aromatic N) is 4. The lowest BCUT2D eigenvalue weighted by Crippen LogP contribution is -2.18. The van der Waals surface area contributed by atoms with Crippen LogP contribution in [-0.4, -0.2) is 19.7 Å². The van der Waals surface area contributed by atoms with E-state index >= 15 is 0 Å². The summed E-state index contributed by atoms with van der Waals surface area (Å²) in [7, 11) is 0. The van der Waals surface area contributed by atoms with E-state index in [1.165, 1.54) is 12.1 Å². The van der Waals surface area contributed by atoms with Crippen molar-refractivity contribution < 1.29 is 8.78 Å².